The topological polar surface area (TPSA) is 44.5 Å². The van der Waals surface area contributed by atoms with E-state index in [1.807, 2.05) is 6.92 Å². The number of hydrogen-bond donors (Lipinski definition) is 1. The van der Waals surface area contributed by atoms with Crippen LogP contribution in [-0.4, -0.2) is 31.0 Å². The standard InChI is InChI=1S/C13H17ClF3NO2S/c1-8(18)5-9-6-10(14)12(11(7-9)19-2)20-3-4-21-13(15,16)17/h6-8H,3-5,18H2,1-2H3. The second-order valence-corrected chi connectivity index (χ2v) is 6.00. The molecule has 0 bridgehead atoms. The molecule has 0 aromatic heterocycles. The van der Waals surface area contributed by atoms with E-state index in [0.717, 1.165) is 5.56 Å². The van der Waals surface area contributed by atoms with Crippen molar-refractivity contribution in [3.05, 3.63) is 22.7 Å². The Morgan fingerprint density at radius 1 is 1.38 bits per heavy atom. The van der Waals surface area contributed by atoms with Gasteiger partial charge in [0.05, 0.1) is 18.7 Å². The molecule has 1 atom stereocenters. The minimum absolute atomic E-state index is 0.0410. The largest absolute Gasteiger partial charge is 0.493 e. The third-order valence-electron chi connectivity index (χ3n) is 2.44. The zero-order valence-corrected chi connectivity index (χ0v) is 13.2. The van der Waals surface area contributed by atoms with Gasteiger partial charge in [0.25, 0.3) is 0 Å². The smallest absolute Gasteiger partial charge is 0.441 e. The Kier molecular flexibility index (Phi) is 6.96. The van der Waals surface area contributed by atoms with Crippen LogP contribution in [0, 0.1) is 0 Å². The lowest BCUT2D eigenvalue weighted by molar-refractivity contribution is -0.0329. The van der Waals surface area contributed by atoms with E-state index >= 15 is 0 Å². The zero-order valence-electron chi connectivity index (χ0n) is 11.7. The monoisotopic (exact) mass is 343 g/mol. The fourth-order valence-electron chi connectivity index (χ4n) is 1.70. The number of halogens is 4. The molecule has 0 fully saturated rings. The quantitative estimate of drug-likeness (QED) is 0.763. The second kappa shape index (κ2) is 8.00. The van der Waals surface area contributed by atoms with Gasteiger partial charge in [0.1, 0.15) is 0 Å². The molecule has 1 unspecified atom stereocenters. The molecule has 0 aliphatic rings. The summed E-state index contributed by atoms with van der Waals surface area (Å²) in [7, 11) is 1.44. The van der Waals surface area contributed by atoms with Crippen molar-refractivity contribution >= 4 is 23.4 Å². The van der Waals surface area contributed by atoms with E-state index in [9.17, 15) is 13.2 Å². The van der Waals surface area contributed by atoms with Crippen LogP contribution in [0.5, 0.6) is 11.5 Å². The predicted molar refractivity (Wildman–Crippen MR) is 79.4 cm³/mol. The molecular formula is C13H17ClF3NO2S. The minimum Gasteiger partial charge on any atom is -0.493 e. The second-order valence-electron chi connectivity index (χ2n) is 4.43. The Morgan fingerprint density at radius 3 is 2.57 bits per heavy atom. The molecule has 0 spiro atoms. The van der Waals surface area contributed by atoms with E-state index in [2.05, 4.69) is 0 Å². The highest BCUT2D eigenvalue weighted by Gasteiger charge is 2.27. The summed E-state index contributed by atoms with van der Waals surface area (Å²) < 4.78 is 46.5. The van der Waals surface area contributed by atoms with Gasteiger partial charge in [-0.05, 0) is 42.8 Å². The predicted octanol–water partition coefficient (Wildman–Crippen LogP) is 3.87. The normalized spacial score (nSPS) is 13.1. The Balaban J connectivity index is 2.73. The van der Waals surface area contributed by atoms with Crippen LogP contribution < -0.4 is 15.2 Å². The van der Waals surface area contributed by atoms with Crippen molar-refractivity contribution in [3.63, 3.8) is 0 Å². The first-order valence-electron chi connectivity index (χ1n) is 6.18. The van der Waals surface area contributed by atoms with Crippen LogP contribution in [0.1, 0.15) is 12.5 Å². The minimum atomic E-state index is -4.27. The highest BCUT2D eigenvalue weighted by Crippen LogP contribution is 2.37. The summed E-state index contributed by atoms with van der Waals surface area (Å²) in [5, 5.41) is 0.294. The van der Waals surface area contributed by atoms with Crippen LogP contribution in [0.2, 0.25) is 5.02 Å². The lowest BCUT2D eigenvalue weighted by Gasteiger charge is -2.15. The van der Waals surface area contributed by atoms with E-state index in [1.54, 1.807) is 12.1 Å². The zero-order chi connectivity index (χ0) is 16.0. The maximum Gasteiger partial charge on any atom is 0.441 e. The molecule has 0 saturated heterocycles. The Bertz CT molecular complexity index is 469. The van der Waals surface area contributed by atoms with Gasteiger partial charge in [-0.25, -0.2) is 0 Å². The van der Waals surface area contributed by atoms with E-state index in [4.69, 9.17) is 26.8 Å². The van der Waals surface area contributed by atoms with Crippen molar-refractivity contribution in [3.8, 4) is 11.5 Å². The lowest BCUT2D eigenvalue weighted by atomic mass is 10.1. The molecule has 1 aromatic carbocycles. The maximum atomic E-state index is 12.0. The van der Waals surface area contributed by atoms with Crippen molar-refractivity contribution in [2.75, 3.05) is 19.5 Å². The number of alkyl halides is 3. The van der Waals surface area contributed by atoms with E-state index in [0.29, 0.717) is 17.2 Å². The van der Waals surface area contributed by atoms with Gasteiger partial charge in [-0.1, -0.05) is 11.6 Å². The van der Waals surface area contributed by atoms with Crippen LogP contribution in [0.4, 0.5) is 13.2 Å². The average Bonchev–Trinajstić information content (AvgIpc) is 2.33. The molecule has 3 nitrogen and oxygen atoms in total. The van der Waals surface area contributed by atoms with E-state index in [1.165, 1.54) is 7.11 Å². The Labute approximate surface area is 130 Å². The van der Waals surface area contributed by atoms with Crippen molar-refractivity contribution in [1.82, 2.24) is 0 Å². The fraction of sp³-hybridized carbons (Fsp3) is 0.538. The molecular weight excluding hydrogens is 327 g/mol. The van der Waals surface area contributed by atoms with Crippen LogP contribution in [0.15, 0.2) is 12.1 Å². The summed E-state index contributed by atoms with van der Waals surface area (Å²) >= 11 is 5.95. The summed E-state index contributed by atoms with van der Waals surface area (Å²) in [4.78, 5) is 0. The molecule has 0 aliphatic heterocycles. The van der Waals surface area contributed by atoms with Crippen LogP contribution in [-0.2, 0) is 6.42 Å². The van der Waals surface area contributed by atoms with Crippen LogP contribution in [0.3, 0.4) is 0 Å². The van der Waals surface area contributed by atoms with Crippen molar-refractivity contribution in [2.45, 2.75) is 24.9 Å². The first kappa shape index (κ1) is 18.3. The summed E-state index contributed by atoms with van der Waals surface area (Å²) in [5.74, 6) is 0.412. The van der Waals surface area contributed by atoms with Gasteiger partial charge in [-0.2, -0.15) is 13.2 Å². The van der Waals surface area contributed by atoms with Gasteiger partial charge >= 0.3 is 5.51 Å². The number of methoxy groups -OCH3 is 1. The SMILES string of the molecule is COc1cc(CC(C)N)cc(Cl)c1OCCSC(F)(F)F. The highest BCUT2D eigenvalue weighted by molar-refractivity contribution is 8.00. The molecule has 0 amide bonds. The average molecular weight is 344 g/mol. The molecule has 2 N–H and O–H groups in total. The molecule has 0 radical (unpaired) electrons. The molecule has 21 heavy (non-hydrogen) atoms. The molecule has 8 heteroatoms. The first-order valence-corrected chi connectivity index (χ1v) is 7.54. The first-order chi connectivity index (χ1) is 9.73. The van der Waals surface area contributed by atoms with Gasteiger partial charge in [0, 0.05) is 11.8 Å². The van der Waals surface area contributed by atoms with Crippen LogP contribution in [0.25, 0.3) is 0 Å². The molecule has 0 heterocycles. The number of rotatable bonds is 7. The van der Waals surface area contributed by atoms with E-state index in [-0.39, 0.29) is 35.9 Å². The highest BCUT2D eigenvalue weighted by atomic mass is 35.5. The number of ether oxygens (including phenoxy) is 2. The van der Waals surface area contributed by atoms with Crippen molar-refractivity contribution in [1.29, 1.82) is 0 Å². The lowest BCUT2D eigenvalue weighted by Crippen LogP contribution is -2.17. The Hall–Kier alpha value is -0.790. The Morgan fingerprint density at radius 2 is 2.05 bits per heavy atom. The molecule has 1 aromatic rings. The molecule has 1 rings (SSSR count). The summed E-state index contributed by atoms with van der Waals surface area (Å²) in [6.45, 7) is 1.74. The summed E-state index contributed by atoms with van der Waals surface area (Å²) in [6, 6.07) is 3.36. The number of thioether (sulfide) groups is 1. The summed E-state index contributed by atoms with van der Waals surface area (Å²) in [5.41, 5.74) is 2.33. The van der Waals surface area contributed by atoms with Crippen molar-refractivity contribution in [2.24, 2.45) is 5.73 Å². The van der Waals surface area contributed by atoms with Crippen LogP contribution >= 0.6 is 23.4 Å². The molecule has 0 saturated carbocycles. The number of hydrogen-bond acceptors (Lipinski definition) is 4. The fourth-order valence-corrected chi connectivity index (χ4v) is 2.39. The van der Waals surface area contributed by atoms with Gasteiger partial charge in [-0.3, -0.25) is 0 Å². The van der Waals surface area contributed by atoms with Crippen molar-refractivity contribution < 1.29 is 22.6 Å². The third-order valence-corrected chi connectivity index (χ3v) is 3.42. The number of nitrogens with two attached hydrogens (primary N) is 1. The summed E-state index contributed by atoms with van der Waals surface area (Å²) in [6.07, 6.45) is 0.611. The van der Waals surface area contributed by atoms with Gasteiger partial charge in [0.2, 0.25) is 0 Å². The number of benzene rings is 1. The van der Waals surface area contributed by atoms with Gasteiger partial charge < -0.3 is 15.2 Å². The molecule has 120 valence electrons. The van der Waals surface area contributed by atoms with Gasteiger partial charge in [0.15, 0.2) is 11.5 Å². The molecule has 0 aliphatic carbocycles. The maximum absolute atomic E-state index is 12.0. The van der Waals surface area contributed by atoms with E-state index < -0.39 is 5.51 Å². The third kappa shape index (κ3) is 6.67. The van der Waals surface area contributed by atoms with Gasteiger partial charge in [-0.15, -0.1) is 0 Å².